The average Bonchev–Trinajstić information content (AvgIpc) is 2.72. The van der Waals surface area contributed by atoms with E-state index in [4.69, 9.17) is 0 Å². The lowest BCUT2D eigenvalue weighted by molar-refractivity contribution is -0.137. The monoisotopic (exact) mass is 418 g/mol. The minimum absolute atomic E-state index is 0.141. The van der Waals surface area contributed by atoms with Gasteiger partial charge < -0.3 is 0 Å². The van der Waals surface area contributed by atoms with Crippen LogP contribution >= 0.6 is 11.8 Å². The SMILES string of the molecule is CSC(=O)c1ccccc1-c1cc(F)ccc1C(C)c1ccc(C(F)(F)F)cc1. The quantitative estimate of drug-likeness (QED) is 0.418. The molecule has 0 amide bonds. The van der Waals surface area contributed by atoms with Gasteiger partial charge in [-0.05, 0) is 58.8 Å². The Morgan fingerprint density at radius 3 is 2.21 bits per heavy atom. The van der Waals surface area contributed by atoms with E-state index < -0.39 is 17.6 Å². The average molecular weight is 418 g/mol. The number of alkyl halides is 3. The van der Waals surface area contributed by atoms with Crippen molar-refractivity contribution in [1.29, 1.82) is 0 Å². The maximum Gasteiger partial charge on any atom is 0.416 e. The van der Waals surface area contributed by atoms with E-state index in [1.54, 1.807) is 36.6 Å². The molecule has 1 nitrogen and oxygen atoms in total. The number of halogens is 4. The second kappa shape index (κ2) is 8.41. The normalized spacial score (nSPS) is 12.6. The summed E-state index contributed by atoms with van der Waals surface area (Å²) in [5.41, 5.74) is 2.29. The summed E-state index contributed by atoms with van der Waals surface area (Å²) in [6.07, 6.45) is -2.73. The molecular formula is C23H18F4OS. The van der Waals surface area contributed by atoms with Crippen molar-refractivity contribution in [2.24, 2.45) is 0 Å². The first kappa shape index (κ1) is 21.1. The molecule has 3 rings (SSSR count). The van der Waals surface area contributed by atoms with Crippen molar-refractivity contribution in [3.63, 3.8) is 0 Å². The van der Waals surface area contributed by atoms with Crippen molar-refractivity contribution < 1.29 is 22.4 Å². The van der Waals surface area contributed by atoms with Crippen LogP contribution in [0.4, 0.5) is 17.6 Å². The summed E-state index contributed by atoms with van der Waals surface area (Å²) in [5.74, 6) is -0.750. The number of carbonyl (C=O) groups excluding carboxylic acids is 1. The van der Waals surface area contributed by atoms with Gasteiger partial charge in [-0.3, -0.25) is 4.79 Å². The fourth-order valence-electron chi connectivity index (χ4n) is 3.29. The number of hydrogen-bond acceptors (Lipinski definition) is 2. The maximum absolute atomic E-state index is 14.1. The molecule has 0 bridgehead atoms. The van der Waals surface area contributed by atoms with Crippen molar-refractivity contribution in [2.75, 3.05) is 6.26 Å². The molecule has 0 aliphatic heterocycles. The van der Waals surface area contributed by atoms with Crippen LogP contribution in [0.15, 0.2) is 66.7 Å². The highest BCUT2D eigenvalue weighted by atomic mass is 32.2. The van der Waals surface area contributed by atoms with E-state index >= 15 is 0 Å². The van der Waals surface area contributed by atoms with E-state index in [0.717, 1.165) is 29.5 Å². The van der Waals surface area contributed by atoms with Crippen molar-refractivity contribution >= 4 is 16.9 Å². The van der Waals surface area contributed by atoms with Crippen LogP contribution in [-0.2, 0) is 6.18 Å². The molecule has 3 aromatic carbocycles. The van der Waals surface area contributed by atoms with Crippen molar-refractivity contribution in [2.45, 2.75) is 19.0 Å². The molecule has 1 unspecified atom stereocenters. The Morgan fingerprint density at radius 1 is 0.931 bits per heavy atom. The van der Waals surface area contributed by atoms with E-state index in [1.165, 1.54) is 24.3 Å². The third-order valence-electron chi connectivity index (χ3n) is 4.84. The van der Waals surface area contributed by atoms with Crippen LogP contribution in [0.1, 0.15) is 39.9 Å². The minimum atomic E-state index is -4.40. The Bertz CT molecular complexity index is 1030. The second-order valence-corrected chi connectivity index (χ2v) is 7.39. The first-order valence-corrected chi connectivity index (χ1v) is 10.1. The third-order valence-corrected chi connectivity index (χ3v) is 5.43. The zero-order valence-corrected chi connectivity index (χ0v) is 16.6. The van der Waals surface area contributed by atoms with Crippen molar-refractivity contribution in [3.05, 3.63) is 94.8 Å². The summed E-state index contributed by atoms with van der Waals surface area (Å²) in [6, 6.07) is 16.2. The Labute approximate surface area is 170 Å². The summed E-state index contributed by atoms with van der Waals surface area (Å²) in [6.45, 7) is 1.85. The van der Waals surface area contributed by atoms with Gasteiger partial charge in [-0.2, -0.15) is 13.2 Å². The molecule has 0 heterocycles. The molecule has 29 heavy (non-hydrogen) atoms. The lowest BCUT2D eigenvalue weighted by atomic mass is 9.85. The fourth-order valence-corrected chi connectivity index (χ4v) is 3.68. The van der Waals surface area contributed by atoms with E-state index in [2.05, 4.69) is 0 Å². The zero-order valence-electron chi connectivity index (χ0n) is 15.8. The Hall–Kier alpha value is -2.60. The van der Waals surface area contributed by atoms with Crippen LogP contribution in [0.5, 0.6) is 0 Å². The number of benzene rings is 3. The van der Waals surface area contributed by atoms with E-state index in [1.807, 2.05) is 6.92 Å². The zero-order chi connectivity index (χ0) is 21.2. The molecule has 0 saturated carbocycles. The highest BCUT2D eigenvalue weighted by molar-refractivity contribution is 8.13. The summed E-state index contributed by atoms with van der Waals surface area (Å²) in [5, 5.41) is -0.141. The molecule has 0 aliphatic rings. The van der Waals surface area contributed by atoms with Gasteiger partial charge in [0.15, 0.2) is 0 Å². The molecule has 0 radical (unpaired) electrons. The fraction of sp³-hybridized carbons (Fsp3) is 0.174. The highest BCUT2D eigenvalue weighted by Crippen LogP contribution is 2.37. The molecule has 0 fully saturated rings. The molecule has 150 valence electrons. The second-order valence-electron chi connectivity index (χ2n) is 6.61. The van der Waals surface area contributed by atoms with E-state index in [0.29, 0.717) is 22.3 Å². The van der Waals surface area contributed by atoms with Crippen LogP contribution in [0.25, 0.3) is 11.1 Å². The number of thioether (sulfide) groups is 1. The topological polar surface area (TPSA) is 17.1 Å². The molecule has 0 aromatic heterocycles. The largest absolute Gasteiger partial charge is 0.416 e. The molecule has 6 heteroatoms. The standard InChI is InChI=1S/C23H18F4OS/c1-14(15-7-9-16(10-8-15)23(25,26)27)18-12-11-17(24)13-21(18)19-5-3-4-6-20(19)22(28)29-2/h3-14H,1-2H3. The number of rotatable bonds is 4. The van der Waals surface area contributed by atoms with Gasteiger partial charge in [0.05, 0.1) is 5.56 Å². The summed E-state index contributed by atoms with van der Waals surface area (Å²) in [4.78, 5) is 12.3. The number of carbonyl (C=O) groups is 1. The van der Waals surface area contributed by atoms with E-state index in [-0.39, 0.29) is 11.0 Å². The van der Waals surface area contributed by atoms with Gasteiger partial charge in [-0.25, -0.2) is 4.39 Å². The molecule has 0 spiro atoms. The molecule has 3 aromatic rings. The van der Waals surface area contributed by atoms with Crippen LogP contribution in [0.2, 0.25) is 0 Å². The summed E-state index contributed by atoms with van der Waals surface area (Å²) < 4.78 is 52.6. The van der Waals surface area contributed by atoms with Crippen molar-refractivity contribution in [3.8, 4) is 11.1 Å². The Morgan fingerprint density at radius 2 is 1.59 bits per heavy atom. The van der Waals surface area contributed by atoms with Crippen LogP contribution in [0.3, 0.4) is 0 Å². The van der Waals surface area contributed by atoms with E-state index in [9.17, 15) is 22.4 Å². The lowest BCUT2D eigenvalue weighted by Crippen LogP contribution is -2.06. The first-order chi connectivity index (χ1) is 13.7. The van der Waals surface area contributed by atoms with Crippen molar-refractivity contribution in [1.82, 2.24) is 0 Å². The molecule has 0 N–H and O–H groups in total. The minimum Gasteiger partial charge on any atom is -0.282 e. The van der Waals surface area contributed by atoms with Crippen LogP contribution in [-0.4, -0.2) is 11.4 Å². The van der Waals surface area contributed by atoms with Gasteiger partial charge in [0, 0.05) is 11.5 Å². The Balaban J connectivity index is 2.10. The first-order valence-electron chi connectivity index (χ1n) is 8.86. The molecule has 0 saturated heterocycles. The highest BCUT2D eigenvalue weighted by Gasteiger charge is 2.30. The number of hydrogen-bond donors (Lipinski definition) is 0. The summed E-state index contributed by atoms with van der Waals surface area (Å²) in [7, 11) is 0. The van der Waals surface area contributed by atoms with Crippen LogP contribution in [0, 0.1) is 5.82 Å². The van der Waals surface area contributed by atoms with Gasteiger partial charge in [0.1, 0.15) is 5.82 Å². The Kier molecular flexibility index (Phi) is 6.13. The lowest BCUT2D eigenvalue weighted by Gasteiger charge is -2.19. The van der Waals surface area contributed by atoms with Crippen LogP contribution < -0.4 is 0 Å². The summed E-state index contributed by atoms with van der Waals surface area (Å²) >= 11 is 1.07. The predicted molar refractivity (Wildman–Crippen MR) is 109 cm³/mol. The predicted octanol–water partition coefficient (Wildman–Crippen LogP) is 7.17. The van der Waals surface area contributed by atoms with Gasteiger partial charge in [0.2, 0.25) is 5.12 Å². The molecule has 1 atom stereocenters. The third kappa shape index (κ3) is 4.53. The molecule has 0 aliphatic carbocycles. The maximum atomic E-state index is 14.1. The van der Waals surface area contributed by atoms with Gasteiger partial charge in [-0.1, -0.05) is 55.1 Å². The smallest absolute Gasteiger partial charge is 0.282 e. The van der Waals surface area contributed by atoms with Gasteiger partial charge in [-0.15, -0.1) is 0 Å². The van der Waals surface area contributed by atoms with Gasteiger partial charge in [0.25, 0.3) is 0 Å². The molecular weight excluding hydrogens is 400 g/mol. The van der Waals surface area contributed by atoms with Gasteiger partial charge >= 0.3 is 6.18 Å².